The number of ether oxygens (including phenoxy) is 1. The number of likely N-dealkylation sites (tertiary alicyclic amines) is 1. The van der Waals surface area contributed by atoms with E-state index in [0.29, 0.717) is 19.1 Å². The number of hydrogen-bond donors (Lipinski definition) is 2. The van der Waals surface area contributed by atoms with Crippen LogP contribution in [0.1, 0.15) is 19.0 Å². The van der Waals surface area contributed by atoms with E-state index < -0.39 is 11.9 Å². The zero-order valence-corrected chi connectivity index (χ0v) is 19.3. The average molecular weight is 543 g/mol. The molecule has 2 N–H and O–H groups in total. The lowest BCUT2D eigenvalue weighted by Crippen LogP contribution is -2.46. The van der Waals surface area contributed by atoms with Crippen LogP contribution in [-0.2, 0) is 10.9 Å². The van der Waals surface area contributed by atoms with Crippen molar-refractivity contribution < 1.29 is 17.9 Å². The minimum Gasteiger partial charge on any atom is -0.379 e. The number of alkyl halides is 3. The standard InChI is InChI=1S/C18H28F3N7O.HI/c1-2-22-17(28-8-4-14(13-28)27-9-11-29-12-10-27)25-7-6-24-16-23-5-3-15(26-16)18(19,20)21;/h3,5,14H,2,4,6-13H2,1H3,(H,22,25)(H,23,24,26);1H. The first kappa shape index (κ1) is 24.9. The Balaban J connectivity index is 0.00000320. The Morgan fingerprint density at radius 3 is 2.77 bits per heavy atom. The topological polar surface area (TPSA) is 77.9 Å². The Hall–Kier alpha value is -1.41. The second-order valence-electron chi connectivity index (χ2n) is 6.96. The Labute approximate surface area is 191 Å². The fourth-order valence-corrected chi connectivity index (χ4v) is 3.53. The maximum Gasteiger partial charge on any atom is 0.433 e. The van der Waals surface area contributed by atoms with E-state index in [1.807, 2.05) is 6.92 Å². The van der Waals surface area contributed by atoms with E-state index in [9.17, 15) is 13.2 Å². The smallest absolute Gasteiger partial charge is 0.379 e. The number of halogens is 4. The second-order valence-corrected chi connectivity index (χ2v) is 6.96. The average Bonchev–Trinajstić information content (AvgIpc) is 3.21. The van der Waals surface area contributed by atoms with Crippen LogP contribution in [0, 0.1) is 0 Å². The third-order valence-electron chi connectivity index (χ3n) is 4.96. The SMILES string of the molecule is CCNC(=NCCNc1nccc(C(F)(F)F)n1)N1CCC(N2CCOCC2)C1.I. The first-order valence-corrected chi connectivity index (χ1v) is 9.96. The van der Waals surface area contributed by atoms with Gasteiger partial charge in [-0.2, -0.15) is 13.2 Å². The van der Waals surface area contributed by atoms with E-state index in [1.165, 1.54) is 0 Å². The first-order chi connectivity index (χ1) is 14.0. The van der Waals surface area contributed by atoms with Crippen molar-refractivity contribution in [1.29, 1.82) is 0 Å². The molecule has 1 atom stereocenters. The molecular weight excluding hydrogens is 514 g/mol. The molecule has 0 bridgehead atoms. The summed E-state index contributed by atoms with van der Waals surface area (Å²) in [6.45, 7) is 8.86. The Morgan fingerprint density at radius 2 is 2.07 bits per heavy atom. The van der Waals surface area contributed by atoms with Gasteiger partial charge in [0, 0.05) is 51.5 Å². The summed E-state index contributed by atoms with van der Waals surface area (Å²) in [5, 5.41) is 6.11. The van der Waals surface area contributed by atoms with Crippen molar-refractivity contribution in [3.05, 3.63) is 18.0 Å². The first-order valence-electron chi connectivity index (χ1n) is 9.96. The van der Waals surface area contributed by atoms with Gasteiger partial charge in [-0.25, -0.2) is 9.97 Å². The lowest BCUT2D eigenvalue weighted by Gasteiger charge is -2.32. The normalized spacial score (nSPS) is 20.7. The maximum atomic E-state index is 12.7. The number of nitrogens with zero attached hydrogens (tertiary/aromatic N) is 5. The minimum atomic E-state index is -4.48. The highest BCUT2D eigenvalue weighted by molar-refractivity contribution is 14.0. The molecule has 0 saturated carbocycles. The van der Waals surface area contributed by atoms with Gasteiger partial charge in [0.05, 0.1) is 19.8 Å². The van der Waals surface area contributed by atoms with Crippen molar-refractivity contribution in [2.45, 2.75) is 25.6 Å². The summed E-state index contributed by atoms with van der Waals surface area (Å²) < 4.78 is 43.6. The molecule has 170 valence electrons. The number of aromatic nitrogens is 2. The third-order valence-corrected chi connectivity index (χ3v) is 4.96. The molecule has 2 fully saturated rings. The summed E-state index contributed by atoms with van der Waals surface area (Å²) >= 11 is 0. The van der Waals surface area contributed by atoms with Crippen LogP contribution in [-0.4, -0.2) is 90.8 Å². The molecule has 8 nitrogen and oxygen atoms in total. The van der Waals surface area contributed by atoms with Crippen LogP contribution in [0.25, 0.3) is 0 Å². The van der Waals surface area contributed by atoms with Crippen LogP contribution in [0.3, 0.4) is 0 Å². The molecule has 0 amide bonds. The number of hydrogen-bond acceptors (Lipinski definition) is 6. The van der Waals surface area contributed by atoms with Crippen LogP contribution in [0.15, 0.2) is 17.3 Å². The molecule has 3 rings (SSSR count). The van der Waals surface area contributed by atoms with Crippen molar-refractivity contribution in [2.24, 2.45) is 4.99 Å². The Bertz CT molecular complexity index is 686. The predicted molar refractivity (Wildman–Crippen MR) is 119 cm³/mol. The highest BCUT2D eigenvalue weighted by Crippen LogP contribution is 2.27. The van der Waals surface area contributed by atoms with Gasteiger partial charge in [-0.3, -0.25) is 9.89 Å². The highest BCUT2D eigenvalue weighted by Gasteiger charge is 2.33. The molecule has 12 heteroatoms. The minimum absolute atomic E-state index is 0. The molecule has 2 saturated heterocycles. The van der Waals surface area contributed by atoms with Crippen LogP contribution < -0.4 is 10.6 Å². The lowest BCUT2D eigenvalue weighted by atomic mass is 10.2. The highest BCUT2D eigenvalue weighted by atomic mass is 127. The monoisotopic (exact) mass is 543 g/mol. The van der Waals surface area contributed by atoms with E-state index >= 15 is 0 Å². The fraction of sp³-hybridized carbons (Fsp3) is 0.722. The van der Waals surface area contributed by atoms with Crippen molar-refractivity contribution in [3.63, 3.8) is 0 Å². The summed E-state index contributed by atoms with van der Waals surface area (Å²) in [5.41, 5.74) is -0.960. The molecule has 2 aliphatic rings. The summed E-state index contributed by atoms with van der Waals surface area (Å²) in [4.78, 5) is 16.7. The molecule has 0 aliphatic carbocycles. The number of morpholine rings is 1. The van der Waals surface area contributed by atoms with Crippen LogP contribution in [0.2, 0.25) is 0 Å². The molecule has 0 spiro atoms. The number of rotatable bonds is 6. The van der Waals surface area contributed by atoms with Crippen LogP contribution in [0.4, 0.5) is 19.1 Å². The lowest BCUT2D eigenvalue weighted by molar-refractivity contribution is -0.141. The number of aliphatic imine (C=N–C) groups is 1. The molecule has 30 heavy (non-hydrogen) atoms. The van der Waals surface area contributed by atoms with E-state index in [1.54, 1.807) is 0 Å². The molecular formula is C18H29F3IN7O. The van der Waals surface area contributed by atoms with Crippen molar-refractivity contribution in [1.82, 2.24) is 25.1 Å². The van der Waals surface area contributed by atoms with Gasteiger partial charge >= 0.3 is 6.18 Å². The molecule has 1 aromatic heterocycles. The second kappa shape index (κ2) is 11.8. The van der Waals surface area contributed by atoms with Crippen molar-refractivity contribution in [3.8, 4) is 0 Å². The fourth-order valence-electron chi connectivity index (χ4n) is 3.53. The molecule has 0 radical (unpaired) electrons. The van der Waals surface area contributed by atoms with Gasteiger partial charge in [0.1, 0.15) is 5.69 Å². The number of anilines is 1. The van der Waals surface area contributed by atoms with E-state index in [4.69, 9.17) is 4.74 Å². The van der Waals surface area contributed by atoms with Gasteiger partial charge < -0.3 is 20.3 Å². The summed E-state index contributed by atoms with van der Waals surface area (Å²) in [6, 6.07) is 1.35. The van der Waals surface area contributed by atoms with Crippen LogP contribution >= 0.6 is 24.0 Å². The molecule has 0 aromatic carbocycles. The van der Waals surface area contributed by atoms with Crippen LogP contribution in [0.5, 0.6) is 0 Å². The van der Waals surface area contributed by atoms with Crippen molar-refractivity contribution >= 4 is 35.9 Å². The quantitative estimate of drug-likeness (QED) is 0.246. The summed E-state index contributed by atoms with van der Waals surface area (Å²) in [5.74, 6) is 0.781. The molecule has 1 aromatic rings. The zero-order chi connectivity index (χ0) is 20.7. The largest absolute Gasteiger partial charge is 0.433 e. The maximum absolute atomic E-state index is 12.7. The Morgan fingerprint density at radius 1 is 1.30 bits per heavy atom. The third kappa shape index (κ3) is 7.08. The Kier molecular flexibility index (Phi) is 9.81. The molecule has 2 aliphatic heterocycles. The summed E-state index contributed by atoms with van der Waals surface area (Å²) in [6.07, 6.45) is -2.30. The number of nitrogens with one attached hydrogen (secondary N) is 2. The predicted octanol–water partition coefficient (Wildman–Crippen LogP) is 1.90. The zero-order valence-electron chi connectivity index (χ0n) is 17.0. The van der Waals surface area contributed by atoms with E-state index in [-0.39, 0.29) is 29.9 Å². The van der Waals surface area contributed by atoms with Gasteiger partial charge in [-0.1, -0.05) is 0 Å². The van der Waals surface area contributed by atoms with Gasteiger partial charge in [0.25, 0.3) is 0 Å². The number of guanidine groups is 1. The van der Waals surface area contributed by atoms with Crippen molar-refractivity contribution in [2.75, 3.05) is 64.3 Å². The van der Waals surface area contributed by atoms with E-state index in [2.05, 4.69) is 35.4 Å². The van der Waals surface area contributed by atoms with E-state index in [0.717, 1.165) is 70.6 Å². The van der Waals surface area contributed by atoms with Gasteiger partial charge in [0.15, 0.2) is 5.96 Å². The van der Waals surface area contributed by atoms with Gasteiger partial charge in [0.2, 0.25) is 5.95 Å². The molecule has 3 heterocycles. The molecule has 1 unspecified atom stereocenters. The van der Waals surface area contributed by atoms with Gasteiger partial charge in [-0.05, 0) is 19.4 Å². The summed E-state index contributed by atoms with van der Waals surface area (Å²) in [7, 11) is 0. The van der Waals surface area contributed by atoms with Gasteiger partial charge in [-0.15, -0.1) is 24.0 Å².